The summed E-state index contributed by atoms with van der Waals surface area (Å²) in [4.78, 5) is 7.21. The molecule has 21 heavy (non-hydrogen) atoms. The van der Waals surface area contributed by atoms with Crippen LogP contribution in [-0.4, -0.2) is 42.6 Å². The van der Waals surface area contributed by atoms with Crippen molar-refractivity contribution in [2.24, 2.45) is 16.6 Å². The minimum Gasteiger partial charge on any atom is -0.370 e. The lowest BCUT2D eigenvalue weighted by atomic mass is 9.96. The number of guanidine groups is 1. The molecule has 1 aliphatic carbocycles. The highest BCUT2D eigenvalue weighted by Gasteiger charge is 2.24. The van der Waals surface area contributed by atoms with Crippen LogP contribution in [0.2, 0.25) is 0 Å². The van der Waals surface area contributed by atoms with Crippen LogP contribution in [0.3, 0.4) is 0 Å². The number of nitrogens with zero attached hydrogens (tertiary/aromatic N) is 2. The molecule has 5 heteroatoms. The summed E-state index contributed by atoms with van der Waals surface area (Å²) < 4.78 is 0. The monoisotopic (exact) mass is 408 g/mol. The summed E-state index contributed by atoms with van der Waals surface area (Å²) in [7, 11) is 0. The van der Waals surface area contributed by atoms with Gasteiger partial charge in [0.25, 0.3) is 0 Å². The summed E-state index contributed by atoms with van der Waals surface area (Å²) in [6.07, 6.45) is 9.19. The third kappa shape index (κ3) is 6.30. The molecular weight excluding hydrogens is 375 g/mol. The van der Waals surface area contributed by atoms with E-state index in [4.69, 9.17) is 5.73 Å². The molecular formula is C16H33IN4. The Kier molecular flexibility index (Phi) is 8.94. The summed E-state index contributed by atoms with van der Waals surface area (Å²) in [6, 6.07) is 1.10. The predicted octanol–water partition coefficient (Wildman–Crippen LogP) is 2.96. The molecule has 2 rings (SSSR count). The molecule has 2 fully saturated rings. The second kappa shape index (κ2) is 9.87. The van der Waals surface area contributed by atoms with Crippen molar-refractivity contribution in [3.8, 4) is 0 Å². The number of rotatable bonds is 5. The molecule has 0 bridgehead atoms. The van der Waals surface area contributed by atoms with Gasteiger partial charge in [0, 0.05) is 12.1 Å². The van der Waals surface area contributed by atoms with Crippen molar-refractivity contribution in [1.82, 2.24) is 10.2 Å². The van der Waals surface area contributed by atoms with Crippen molar-refractivity contribution in [3.63, 3.8) is 0 Å². The molecule has 2 aliphatic rings. The van der Waals surface area contributed by atoms with E-state index in [2.05, 4.69) is 29.1 Å². The van der Waals surface area contributed by atoms with Crippen molar-refractivity contribution in [1.29, 1.82) is 0 Å². The first-order valence-corrected chi connectivity index (χ1v) is 8.47. The molecule has 4 nitrogen and oxygen atoms in total. The Morgan fingerprint density at radius 2 is 1.76 bits per heavy atom. The van der Waals surface area contributed by atoms with E-state index in [1.807, 2.05) is 0 Å². The Labute approximate surface area is 147 Å². The van der Waals surface area contributed by atoms with Gasteiger partial charge in [0.15, 0.2) is 5.96 Å². The lowest BCUT2D eigenvalue weighted by molar-refractivity contribution is 0.197. The van der Waals surface area contributed by atoms with Gasteiger partial charge in [-0.05, 0) is 44.7 Å². The zero-order valence-corrected chi connectivity index (χ0v) is 16.0. The summed E-state index contributed by atoms with van der Waals surface area (Å²) >= 11 is 0. The number of halogens is 1. The molecule has 124 valence electrons. The summed E-state index contributed by atoms with van der Waals surface area (Å²) in [5, 5.41) is 3.41. The molecule has 0 radical (unpaired) electrons. The molecule has 1 heterocycles. The molecule has 0 aromatic heterocycles. The van der Waals surface area contributed by atoms with Crippen molar-refractivity contribution < 1.29 is 0 Å². The van der Waals surface area contributed by atoms with Crippen LogP contribution < -0.4 is 11.1 Å². The standard InChI is InChI=1S/C16H32N4.HI/c1-13(2)15(20-10-6-7-11-20)12-18-16(17)19-14-8-4-3-5-9-14;/h13-15H,3-12H2,1-2H3,(H3,17,18,19);1H. The van der Waals surface area contributed by atoms with Crippen LogP contribution in [0.25, 0.3) is 0 Å². The summed E-state index contributed by atoms with van der Waals surface area (Å²) in [6.45, 7) is 7.89. The highest BCUT2D eigenvalue weighted by molar-refractivity contribution is 14.0. The summed E-state index contributed by atoms with van der Waals surface area (Å²) in [5.74, 6) is 1.29. The van der Waals surface area contributed by atoms with Gasteiger partial charge in [-0.25, -0.2) is 0 Å². The zero-order chi connectivity index (χ0) is 14.4. The maximum atomic E-state index is 6.07. The number of hydrogen-bond acceptors (Lipinski definition) is 2. The molecule has 0 aromatic carbocycles. The van der Waals surface area contributed by atoms with Crippen LogP contribution in [0.1, 0.15) is 58.8 Å². The van der Waals surface area contributed by atoms with E-state index < -0.39 is 0 Å². The van der Waals surface area contributed by atoms with E-state index in [1.165, 1.54) is 58.0 Å². The Bertz CT molecular complexity index is 307. The third-order valence-electron chi connectivity index (χ3n) is 4.79. The Morgan fingerprint density at radius 3 is 2.33 bits per heavy atom. The van der Waals surface area contributed by atoms with Crippen LogP contribution in [0.15, 0.2) is 4.99 Å². The summed E-state index contributed by atoms with van der Waals surface area (Å²) in [5.41, 5.74) is 6.07. The van der Waals surface area contributed by atoms with Crippen LogP contribution in [0.4, 0.5) is 0 Å². The van der Waals surface area contributed by atoms with Crippen LogP contribution in [0, 0.1) is 5.92 Å². The van der Waals surface area contributed by atoms with Gasteiger partial charge in [0.05, 0.1) is 6.54 Å². The topological polar surface area (TPSA) is 53.6 Å². The maximum absolute atomic E-state index is 6.07. The number of nitrogens with two attached hydrogens (primary N) is 1. The largest absolute Gasteiger partial charge is 0.370 e. The normalized spacial score (nSPS) is 23.1. The Hall–Kier alpha value is -0.0400. The second-order valence-electron chi connectivity index (χ2n) is 6.76. The van der Waals surface area contributed by atoms with Gasteiger partial charge < -0.3 is 11.1 Å². The maximum Gasteiger partial charge on any atom is 0.188 e. The van der Waals surface area contributed by atoms with Gasteiger partial charge in [-0.3, -0.25) is 9.89 Å². The molecule has 0 aromatic rings. The van der Waals surface area contributed by atoms with Gasteiger partial charge in [-0.2, -0.15) is 0 Å². The average Bonchev–Trinajstić information content (AvgIpc) is 2.93. The fraction of sp³-hybridized carbons (Fsp3) is 0.938. The van der Waals surface area contributed by atoms with E-state index in [-0.39, 0.29) is 24.0 Å². The van der Waals surface area contributed by atoms with Crippen molar-refractivity contribution in [3.05, 3.63) is 0 Å². The molecule has 1 saturated carbocycles. The quantitative estimate of drug-likeness (QED) is 0.418. The molecule has 0 amide bonds. The van der Waals surface area contributed by atoms with E-state index in [9.17, 15) is 0 Å². The fourth-order valence-electron chi connectivity index (χ4n) is 3.51. The van der Waals surface area contributed by atoms with E-state index in [0.29, 0.717) is 24.0 Å². The Morgan fingerprint density at radius 1 is 1.14 bits per heavy atom. The van der Waals surface area contributed by atoms with Crippen molar-refractivity contribution in [2.45, 2.75) is 70.9 Å². The molecule has 3 N–H and O–H groups in total. The van der Waals surface area contributed by atoms with Gasteiger partial charge in [0.2, 0.25) is 0 Å². The second-order valence-corrected chi connectivity index (χ2v) is 6.76. The first-order valence-electron chi connectivity index (χ1n) is 8.47. The van der Waals surface area contributed by atoms with E-state index in [1.54, 1.807) is 0 Å². The highest BCUT2D eigenvalue weighted by Crippen LogP contribution is 2.19. The smallest absolute Gasteiger partial charge is 0.188 e. The van der Waals surface area contributed by atoms with Crippen LogP contribution in [0.5, 0.6) is 0 Å². The molecule has 1 saturated heterocycles. The molecule has 1 aliphatic heterocycles. The number of aliphatic imine (C=N–C) groups is 1. The highest BCUT2D eigenvalue weighted by atomic mass is 127. The number of likely N-dealkylation sites (tertiary alicyclic amines) is 1. The first kappa shape index (κ1) is 19.0. The van der Waals surface area contributed by atoms with E-state index in [0.717, 1.165) is 6.54 Å². The van der Waals surface area contributed by atoms with Gasteiger partial charge in [0.1, 0.15) is 0 Å². The SMILES string of the molecule is CC(C)C(CN=C(N)NC1CCCCC1)N1CCCC1.I. The molecule has 0 spiro atoms. The van der Waals surface area contributed by atoms with Gasteiger partial charge >= 0.3 is 0 Å². The van der Waals surface area contributed by atoms with Gasteiger partial charge in [-0.1, -0.05) is 33.1 Å². The van der Waals surface area contributed by atoms with Crippen molar-refractivity contribution >= 4 is 29.9 Å². The lowest BCUT2D eigenvalue weighted by Crippen LogP contribution is -2.43. The lowest BCUT2D eigenvalue weighted by Gasteiger charge is -2.30. The van der Waals surface area contributed by atoms with Gasteiger partial charge in [-0.15, -0.1) is 24.0 Å². The fourth-order valence-corrected chi connectivity index (χ4v) is 3.51. The van der Waals surface area contributed by atoms with Crippen LogP contribution >= 0.6 is 24.0 Å². The van der Waals surface area contributed by atoms with Crippen LogP contribution in [-0.2, 0) is 0 Å². The van der Waals surface area contributed by atoms with E-state index >= 15 is 0 Å². The first-order chi connectivity index (χ1) is 9.66. The van der Waals surface area contributed by atoms with Crippen molar-refractivity contribution in [2.75, 3.05) is 19.6 Å². The number of nitrogens with one attached hydrogen (secondary N) is 1. The average molecular weight is 408 g/mol. The number of hydrogen-bond donors (Lipinski definition) is 2. The third-order valence-corrected chi connectivity index (χ3v) is 4.79. The zero-order valence-electron chi connectivity index (χ0n) is 13.7. The predicted molar refractivity (Wildman–Crippen MR) is 101 cm³/mol. The minimum absolute atomic E-state index is 0. The Balaban J connectivity index is 0.00000220. The molecule has 1 unspecified atom stereocenters. The molecule has 1 atom stereocenters. The minimum atomic E-state index is 0.